The third-order valence-electron chi connectivity index (χ3n) is 1.80. The maximum Gasteiger partial charge on any atom is 2.00 e. The molecule has 0 rings (SSSR count). The van der Waals surface area contributed by atoms with Crippen molar-refractivity contribution in [3.05, 3.63) is 6.92 Å². The Hall–Kier alpha value is 1.06. The molecule has 0 heterocycles. The number of unbranched alkanes of at least 4 members (excludes halogenated alkanes) is 4. The minimum Gasteiger partial charge on any atom is -1.00 e. The second-order valence-electron chi connectivity index (χ2n) is 3.31. The van der Waals surface area contributed by atoms with Gasteiger partial charge in [0.25, 0.3) is 0 Å². The first-order valence-corrected chi connectivity index (χ1v) is 4.60. The standard InChI is InChI=1S/C10H21.ClH.Mg/c1-4-5-6-7-8-9-10(2)3;;/h10H,2,4-9H2,1,3H3;1H;/q-1;;+2/p-1. The topological polar surface area (TPSA) is 0 Å². The number of hydrogen-bond donors (Lipinski definition) is 0. The van der Waals surface area contributed by atoms with Gasteiger partial charge >= 0.3 is 23.1 Å². The van der Waals surface area contributed by atoms with E-state index in [0.29, 0.717) is 5.92 Å². The van der Waals surface area contributed by atoms with Crippen LogP contribution >= 0.6 is 0 Å². The van der Waals surface area contributed by atoms with Gasteiger partial charge in [-0.3, -0.25) is 0 Å². The molecule has 1 atom stereocenters. The molecule has 0 aromatic carbocycles. The molecule has 0 spiro atoms. The maximum atomic E-state index is 3.96. The molecule has 70 valence electrons. The Kier molecular flexibility index (Phi) is 22.8. The van der Waals surface area contributed by atoms with E-state index in [1.165, 1.54) is 38.5 Å². The second-order valence-corrected chi connectivity index (χ2v) is 3.31. The average Bonchev–Trinajstić information content (AvgIpc) is 1.87. The Morgan fingerprint density at radius 3 is 2.00 bits per heavy atom. The van der Waals surface area contributed by atoms with E-state index in [9.17, 15) is 0 Å². The molecule has 0 aliphatic carbocycles. The summed E-state index contributed by atoms with van der Waals surface area (Å²) >= 11 is 0. The summed E-state index contributed by atoms with van der Waals surface area (Å²) in [5.74, 6) is 0.654. The average molecular weight is 201 g/mol. The van der Waals surface area contributed by atoms with Crippen LogP contribution in [0.15, 0.2) is 0 Å². The van der Waals surface area contributed by atoms with Gasteiger partial charge in [-0.15, -0.1) is 0 Å². The van der Waals surface area contributed by atoms with Crippen molar-refractivity contribution in [1.82, 2.24) is 0 Å². The molecule has 0 aromatic rings. The fourth-order valence-corrected chi connectivity index (χ4v) is 1.10. The van der Waals surface area contributed by atoms with Crippen molar-refractivity contribution >= 4 is 23.1 Å². The molecule has 1 unspecified atom stereocenters. The van der Waals surface area contributed by atoms with E-state index >= 15 is 0 Å². The maximum absolute atomic E-state index is 3.96. The zero-order valence-electron chi connectivity index (χ0n) is 8.61. The minimum atomic E-state index is 0. The summed E-state index contributed by atoms with van der Waals surface area (Å²) in [4.78, 5) is 0. The van der Waals surface area contributed by atoms with Crippen LogP contribution in [0.2, 0.25) is 0 Å². The molecule has 0 saturated carbocycles. The monoisotopic (exact) mass is 200 g/mol. The van der Waals surface area contributed by atoms with Crippen LogP contribution in [0.5, 0.6) is 0 Å². The molecule has 0 N–H and O–H groups in total. The third-order valence-corrected chi connectivity index (χ3v) is 1.80. The Bertz CT molecular complexity index is 64.9. The van der Waals surface area contributed by atoms with Gasteiger partial charge in [0, 0.05) is 0 Å². The predicted molar refractivity (Wildman–Crippen MR) is 53.7 cm³/mol. The van der Waals surface area contributed by atoms with Crippen molar-refractivity contribution in [2.45, 2.75) is 52.4 Å². The summed E-state index contributed by atoms with van der Waals surface area (Å²) in [7, 11) is 0. The van der Waals surface area contributed by atoms with Gasteiger partial charge in [0.05, 0.1) is 0 Å². The molecule has 0 bridgehead atoms. The summed E-state index contributed by atoms with van der Waals surface area (Å²) in [6, 6.07) is 0. The van der Waals surface area contributed by atoms with E-state index in [4.69, 9.17) is 0 Å². The molecule has 0 aromatic heterocycles. The van der Waals surface area contributed by atoms with Crippen LogP contribution in [-0.2, 0) is 0 Å². The molecule has 0 nitrogen and oxygen atoms in total. The van der Waals surface area contributed by atoms with Gasteiger partial charge in [-0.25, -0.2) is 0 Å². The molecule has 0 aliphatic heterocycles. The Labute approximate surface area is 100 Å². The van der Waals surface area contributed by atoms with E-state index in [1.807, 2.05) is 0 Å². The van der Waals surface area contributed by atoms with Crippen molar-refractivity contribution in [1.29, 1.82) is 0 Å². The quantitative estimate of drug-likeness (QED) is 0.332. The Morgan fingerprint density at radius 2 is 1.58 bits per heavy atom. The van der Waals surface area contributed by atoms with Crippen molar-refractivity contribution < 1.29 is 12.4 Å². The largest absolute Gasteiger partial charge is 2.00 e. The van der Waals surface area contributed by atoms with Gasteiger partial charge in [0.2, 0.25) is 0 Å². The van der Waals surface area contributed by atoms with Gasteiger partial charge in [0.1, 0.15) is 0 Å². The molecule has 0 aliphatic rings. The fourth-order valence-electron chi connectivity index (χ4n) is 1.10. The van der Waals surface area contributed by atoms with Crippen molar-refractivity contribution in [3.63, 3.8) is 0 Å². The van der Waals surface area contributed by atoms with Crippen LogP contribution in [0.1, 0.15) is 52.4 Å². The van der Waals surface area contributed by atoms with Crippen LogP contribution in [-0.4, -0.2) is 23.1 Å². The van der Waals surface area contributed by atoms with E-state index in [2.05, 4.69) is 20.8 Å². The van der Waals surface area contributed by atoms with E-state index in [1.54, 1.807) is 0 Å². The first-order valence-electron chi connectivity index (χ1n) is 4.60. The summed E-state index contributed by atoms with van der Waals surface area (Å²) < 4.78 is 0. The Morgan fingerprint density at radius 1 is 1.08 bits per heavy atom. The molecule has 2 heteroatoms. The molecule has 0 saturated heterocycles. The SMILES string of the molecule is [CH2-]C(C)CCCCCCC.[Cl-].[Mg+2]. The van der Waals surface area contributed by atoms with Gasteiger partial charge in [-0.05, 0) is 0 Å². The van der Waals surface area contributed by atoms with Gasteiger partial charge in [-0.2, -0.15) is 5.92 Å². The van der Waals surface area contributed by atoms with Crippen LogP contribution in [0.4, 0.5) is 0 Å². The molecular weight excluding hydrogens is 180 g/mol. The second kappa shape index (κ2) is 14.6. The van der Waals surface area contributed by atoms with E-state index in [0.717, 1.165) is 0 Å². The van der Waals surface area contributed by atoms with E-state index < -0.39 is 0 Å². The fraction of sp³-hybridized carbons (Fsp3) is 0.900. The number of hydrogen-bond acceptors (Lipinski definition) is 0. The minimum absolute atomic E-state index is 0. The molecule has 0 amide bonds. The van der Waals surface area contributed by atoms with Gasteiger partial charge in [-0.1, -0.05) is 52.4 Å². The first kappa shape index (κ1) is 18.8. The summed E-state index contributed by atoms with van der Waals surface area (Å²) in [6.07, 6.45) is 8.27. The summed E-state index contributed by atoms with van der Waals surface area (Å²) in [5.41, 5.74) is 0. The summed E-state index contributed by atoms with van der Waals surface area (Å²) in [6.45, 7) is 8.40. The smallest absolute Gasteiger partial charge is 1.00 e. The van der Waals surface area contributed by atoms with Crippen molar-refractivity contribution in [3.8, 4) is 0 Å². The zero-order valence-corrected chi connectivity index (χ0v) is 10.8. The molecule has 0 fully saturated rings. The number of halogens is 1. The van der Waals surface area contributed by atoms with Crippen LogP contribution < -0.4 is 12.4 Å². The zero-order chi connectivity index (χ0) is 7.82. The predicted octanol–water partition coefficient (Wildman–Crippen LogP) is 0.440. The van der Waals surface area contributed by atoms with Gasteiger partial charge in [0.15, 0.2) is 0 Å². The van der Waals surface area contributed by atoms with Crippen LogP contribution in [0.25, 0.3) is 0 Å². The first-order chi connectivity index (χ1) is 4.77. The number of rotatable bonds is 6. The van der Waals surface area contributed by atoms with Gasteiger partial charge < -0.3 is 19.3 Å². The van der Waals surface area contributed by atoms with Crippen LogP contribution in [0.3, 0.4) is 0 Å². The van der Waals surface area contributed by atoms with Crippen molar-refractivity contribution in [2.24, 2.45) is 5.92 Å². The van der Waals surface area contributed by atoms with E-state index in [-0.39, 0.29) is 35.5 Å². The van der Waals surface area contributed by atoms with Crippen molar-refractivity contribution in [2.75, 3.05) is 0 Å². The third kappa shape index (κ3) is 17.2. The molecular formula is C10H21ClMg. The summed E-state index contributed by atoms with van der Waals surface area (Å²) in [5, 5.41) is 0. The molecule has 0 radical (unpaired) electrons. The normalized spacial score (nSPS) is 11.2. The Balaban J connectivity index is -0.000000405. The van der Waals surface area contributed by atoms with Crippen LogP contribution in [0, 0.1) is 12.8 Å². The molecule has 12 heavy (non-hydrogen) atoms.